The van der Waals surface area contributed by atoms with Crippen LogP contribution in [-0.4, -0.2) is 17.2 Å². The molecule has 3 aliphatic rings. The zero-order valence-electron chi connectivity index (χ0n) is 20.4. The molecule has 3 nitrogen and oxygen atoms in total. The summed E-state index contributed by atoms with van der Waals surface area (Å²) >= 11 is 0. The van der Waals surface area contributed by atoms with Gasteiger partial charge in [0.05, 0.1) is 0 Å². The number of ether oxygens (including phenoxy) is 1. The number of fused-ring (bicyclic) bond motifs is 5. The van der Waals surface area contributed by atoms with E-state index in [0.29, 0.717) is 29.9 Å². The molecule has 2 fully saturated rings. The highest BCUT2D eigenvalue weighted by atomic mass is 16.5. The van der Waals surface area contributed by atoms with E-state index >= 15 is 0 Å². The molecular weight excluding hydrogens is 399 g/mol. The fraction of sp³-hybridized carbons (Fsp3) is 0.759. The van der Waals surface area contributed by atoms with Gasteiger partial charge in [-0.05, 0) is 86.0 Å². The third-order valence-corrected chi connectivity index (χ3v) is 9.13. The van der Waals surface area contributed by atoms with Gasteiger partial charge in [0.25, 0.3) is 0 Å². The van der Waals surface area contributed by atoms with Gasteiger partial charge in [-0.2, -0.15) is 0 Å². The summed E-state index contributed by atoms with van der Waals surface area (Å²) in [6.45, 7) is 4.66. The van der Waals surface area contributed by atoms with E-state index in [2.05, 4.69) is 19.9 Å². The average Bonchev–Trinajstić information content (AvgIpc) is 3.11. The van der Waals surface area contributed by atoms with E-state index in [9.17, 15) is 9.90 Å². The fourth-order valence-electron chi connectivity index (χ4n) is 7.34. The van der Waals surface area contributed by atoms with Gasteiger partial charge >= 0.3 is 5.97 Å². The molecule has 0 radical (unpaired) electrons. The number of carbonyl (C=O) groups is 1. The van der Waals surface area contributed by atoms with Gasteiger partial charge in [-0.15, -0.1) is 0 Å². The summed E-state index contributed by atoms with van der Waals surface area (Å²) < 4.78 is 6.14. The Morgan fingerprint density at radius 3 is 2.56 bits per heavy atom. The van der Waals surface area contributed by atoms with Crippen molar-refractivity contribution in [2.75, 3.05) is 0 Å². The molecule has 4 rings (SSSR count). The van der Waals surface area contributed by atoms with Gasteiger partial charge in [-0.3, -0.25) is 4.79 Å². The van der Waals surface area contributed by atoms with Crippen LogP contribution in [0.5, 0.6) is 5.75 Å². The summed E-state index contributed by atoms with van der Waals surface area (Å²) in [5.41, 5.74) is 2.96. The second-order valence-electron chi connectivity index (χ2n) is 11.1. The number of carbonyl (C=O) groups excluding carboxylic acids is 1. The first-order valence-electron chi connectivity index (χ1n) is 13.5. The minimum absolute atomic E-state index is 0.0365. The predicted molar refractivity (Wildman–Crippen MR) is 130 cm³/mol. The number of aromatic hydroxyl groups is 1. The molecule has 5 atom stereocenters. The molecule has 0 spiro atoms. The molecule has 0 heterocycles. The van der Waals surface area contributed by atoms with Crippen molar-refractivity contribution in [2.24, 2.45) is 17.3 Å². The van der Waals surface area contributed by atoms with Crippen molar-refractivity contribution < 1.29 is 14.6 Å². The first-order valence-corrected chi connectivity index (χ1v) is 13.5. The lowest BCUT2D eigenvalue weighted by atomic mass is 9.56. The highest BCUT2D eigenvalue weighted by Crippen LogP contribution is 2.61. The summed E-state index contributed by atoms with van der Waals surface area (Å²) in [4.78, 5) is 12.6. The number of esters is 1. The molecule has 1 N–H and O–H groups in total. The largest absolute Gasteiger partial charge is 0.508 e. The van der Waals surface area contributed by atoms with Gasteiger partial charge in [0, 0.05) is 11.8 Å². The smallest absolute Gasteiger partial charge is 0.306 e. The zero-order valence-corrected chi connectivity index (χ0v) is 20.4. The Morgan fingerprint density at radius 2 is 1.78 bits per heavy atom. The van der Waals surface area contributed by atoms with Crippen molar-refractivity contribution in [1.29, 1.82) is 0 Å². The summed E-state index contributed by atoms with van der Waals surface area (Å²) in [5.74, 6) is 2.40. The number of phenolic OH excluding ortho intramolecular Hbond substituents is 1. The van der Waals surface area contributed by atoms with Crippen LogP contribution in [0, 0.1) is 17.3 Å². The standard InChI is InChI=1S/C29H44O3/c1-3-4-5-6-7-8-9-10-11-28(31)32-27-17-16-26-25-14-12-21-20-22(30)13-15-23(21)24(25)18-19-29(26,27)2/h13,15,20,24-27,30H,3-12,14,16-19H2,1-2H3/t24-,25-,26+,27+,29+/m1/s1/i13+1,20+1,22+1. The second kappa shape index (κ2) is 10.6. The Balaban J connectivity index is 1.26. The Bertz CT molecular complexity index is 772. The molecular formula is C29H44O3. The number of aryl methyl sites for hydroxylation is 1. The molecule has 3 aliphatic carbocycles. The molecule has 0 aliphatic heterocycles. The van der Waals surface area contributed by atoms with Crippen molar-refractivity contribution in [3.63, 3.8) is 0 Å². The highest BCUT2D eigenvalue weighted by molar-refractivity contribution is 5.69. The predicted octanol–water partition coefficient (Wildman–Crippen LogP) is 7.69. The minimum Gasteiger partial charge on any atom is -0.508 e. The lowest BCUT2D eigenvalue weighted by molar-refractivity contribution is -0.157. The molecule has 0 unspecified atom stereocenters. The fourth-order valence-corrected chi connectivity index (χ4v) is 7.34. The molecule has 0 aromatic heterocycles. The molecule has 2 saturated carbocycles. The number of benzene rings is 1. The molecule has 1 aromatic carbocycles. The van der Waals surface area contributed by atoms with Crippen LogP contribution in [0.25, 0.3) is 0 Å². The maximum Gasteiger partial charge on any atom is 0.306 e. The molecule has 1 aromatic rings. The quantitative estimate of drug-likeness (QED) is 0.298. The molecule has 32 heavy (non-hydrogen) atoms. The topological polar surface area (TPSA) is 46.5 Å². The van der Waals surface area contributed by atoms with Crippen LogP contribution in [0.15, 0.2) is 18.2 Å². The van der Waals surface area contributed by atoms with Gasteiger partial charge < -0.3 is 9.84 Å². The van der Waals surface area contributed by atoms with Gasteiger partial charge in [0.1, 0.15) is 11.9 Å². The molecule has 178 valence electrons. The molecule has 0 saturated heterocycles. The van der Waals surface area contributed by atoms with Crippen LogP contribution < -0.4 is 0 Å². The van der Waals surface area contributed by atoms with E-state index in [1.54, 1.807) is 0 Å². The highest BCUT2D eigenvalue weighted by Gasteiger charge is 2.56. The van der Waals surface area contributed by atoms with Crippen LogP contribution >= 0.6 is 0 Å². The number of hydrogen-bond donors (Lipinski definition) is 1. The Hall–Kier alpha value is -1.51. The number of hydrogen-bond acceptors (Lipinski definition) is 3. The van der Waals surface area contributed by atoms with Gasteiger partial charge in [-0.1, -0.05) is 64.9 Å². The molecule has 0 bridgehead atoms. The van der Waals surface area contributed by atoms with Crippen LogP contribution in [0.3, 0.4) is 0 Å². The zero-order chi connectivity index (χ0) is 22.6. The van der Waals surface area contributed by atoms with E-state index in [1.165, 1.54) is 68.9 Å². The molecule has 0 amide bonds. The first-order chi connectivity index (χ1) is 15.5. The van der Waals surface area contributed by atoms with Crippen LogP contribution in [0.2, 0.25) is 0 Å². The summed E-state index contributed by atoms with van der Waals surface area (Å²) in [6.07, 6.45) is 17.6. The number of rotatable bonds is 10. The van der Waals surface area contributed by atoms with Gasteiger partial charge in [0.15, 0.2) is 0 Å². The third-order valence-electron chi connectivity index (χ3n) is 9.13. The lowest BCUT2D eigenvalue weighted by Crippen LogP contribution is -2.45. The SMILES string of the molecule is CCCCCCCCCCC(=O)O[C@H]1CC[C@H]2[C@@H]3CCc4[13cH][13c](O)[13cH]cc4[C@H]3CC[C@]12C. The van der Waals surface area contributed by atoms with Crippen molar-refractivity contribution in [3.05, 3.63) is 29.3 Å². The van der Waals surface area contributed by atoms with Crippen molar-refractivity contribution in [3.8, 4) is 5.75 Å². The Labute approximate surface area is 195 Å². The van der Waals surface area contributed by atoms with Crippen LogP contribution in [-0.2, 0) is 16.0 Å². The lowest BCUT2D eigenvalue weighted by Gasteiger charge is -2.50. The van der Waals surface area contributed by atoms with Crippen molar-refractivity contribution in [2.45, 2.75) is 122 Å². The van der Waals surface area contributed by atoms with Gasteiger partial charge in [-0.25, -0.2) is 0 Å². The van der Waals surface area contributed by atoms with E-state index in [0.717, 1.165) is 32.1 Å². The number of phenols is 1. The van der Waals surface area contributed by atoms with Crippen molar-refractivity contribution in [1.82, 2.24) is 0 Å². The maximum atomic E-state index is 12.6. The van der Waals surface area contributed by atoms with E-state index in [4.69, 9.17) is 4.74 Å². The van der Waals surface area contributed by atoms with Crippen LogP contribution in [0.4, 0.5) is 0 Å². The van der Waals surface area contributed by atoms with E-state index < -0.39 is 0 Å². The average molecular weight is 444 g/mol. The third kappa shape index (κ3) is 5.02. The first kappa shape index (κ1) is 23.6. The van der Waals surface area contributed by atoms with Gasteiger partial charge in [0.2, 0.25) is 0 Å². The van der Waals surface area contributed by atoms with E-state index in [1.807, 2.05) is 12.1 Å². The maximum absolute atomic E-state index is 12.6. The summed E-state index contributed by atoms with van der Waals surface area (Å²) in [5, 5.41) is 9.88. The monoisotopic (exact) mass is 443 g/mol. The van der Waals surface area contributed by atoms with Crippen LogP contribution in [0.1, 0.15) is 121 Å². The minimum atomic E-state index is 0.0365. The number of unbranched alkanes of at least 4 members (excludes halogenated alkanes) is 7. The van der Waals surface area contributed by atoms with Crippen molar-refractivity contribution >= 4 is 5.97 Å². The summed E-state index contributed by atoms with van der Waals surface area (Å²) in [7, 11) is 0. The second-order valence-corrected chi connectivity index (χ2v) is 11.1. The Morgan fingerprint density at radius 1 is 1.03 bits per heavy atom. The normalized spacial score (nSPS) is 30.9. The Kier molecular flexibility index (Phi) is 7.84. The van der Waals surface area contributed by atoms with E-state index in [-0.39, 0.29) is 17.5 Å². The summed E-state index contributed by atoms with van der Waals surface area (Å²) in [6, 6.07) is 6.00. The molecule has 3 heteroatoms.